The third kappa shape index (κ3) is 3.71. The quantitative estimate of drug-likeness (QED) is 0.412. The van der Waals surface area contributed by atoms with Gasteiger partial charge in [0.1, 0.15) is 0 Å². The van der Waals surface area contributed by atoms with Crippen molar-refractivity contribution in [2.75, 3.05) is 32.9 Å². The molecule has 3 aliphatic rings. The van der Waals surface area contributed by atoms with Gasteiger partial charge < -0.3 is 39.2 Å². The largest absolute Gasteiger partial charge is 0.502 e. The summed E-state index contributed by atoms with van der Waals surface area (Å²) >= 11 is 0. The molecule has 3 aromatic rings. The first-order chi connectivity index (χ1) is 18.4. The Kier molecular flexibility index (Phi) is 5.67. The number of nitrogens with one attached hydrogen (secondary N) is 1. The van der Waals surface area contributed by atoms with Crippen LogP contribution in [0.4, 0.5) is 5.69 Å². The zero-order chi connectivity index (χ0) is 26.6. The van der Waals surface area contributed by atoms with Gasteiger partial charge in [0.15, 0.2) is 23.0 Å². The second-order valence-electron chi connectivity index (χ2n) is 9.41. The van der Waals surface area contributed by atoms with Gasteiger partial charge >= 0.3 is 11.9 Å². The summed E-state index contributed by atoms with van der Waals surface area (Å²) in [6.45, 7) is 0.290. The first-order valence-electron chi connectivity index (χ1n) is 12.0. The fraction of sp³-hybridized carbons (Fsp3) is 0.286. The van der Waals surface area contributed by atoms with Crippen LogP contribution in [-0.4, -0.2) is 49.8 Å². The van der Waals surface area contributed by atoms with Crippen LogP contribution in [0.2, 0.25) is 0 Å². The number of rotatable bonds is 6. The second kappa shape index (κ2) is 9.05. The highest BCUT2D eigenvalue weighted by molar-refractivity contribution is 5.88. The zero-order valence-electron chi connectivity index (χ0n) is 20.6. The van der Waals surface area contributed by atoms with Gasteiger partial charge in [0.05, 0.1) is 38.3 Å². The van der Waals surface area contributed by atoms with E-state index in [4.69, 9.17) is 23.7 Å². The third-order valence-corrected chi connectivity index (χ3v) is 7.50. The predicted molar refractivity (Wildman–Crippen MR) is 133 cm³/mol. The lowest BCUT2D eigenvalue weighted by Gasteiger charge is -2.40. The van der Waals surface area contributed by atoms with Gasteiger partial charge in [-0.15, -0.1) is 0 Å². The number of phenolic OH excluding ortho intramolecular Hbond substituents is 1. The Balaban J connectivity index is 1.51. The van der Waals surface area contributed by atoms with Crippen LogP contribution in [0.3, 0.4) is 0 Å². The van der Waals surface area contributed by atoms with Crippen LogP contribution in [-0.2, 0) is 9.53 Å². The van der Waals surface area contributed by atoms with Crippen molar-refractivity contribution in [3.8, 4) is 28.7 Å². The van der Waals surface area contributed by atoms with Crippen LogP contribution in [0.25, 0.3) is 0 Å². The maximum atomic E-state index is 13.2. The van der Waals surface area contributed by atoms with Gasteiger partial charge in [-0.2, -0.15) is 0 Å². The van der Waals surface area contributed by atoms with Gasteiger partial charge in [0.2, 0.25) is 12.5 Å². The minimum atomic E-state index is -1.01. The molecule has 196 valence electrons. The number of carboxylic acids is 1. The van der Waals surface area contributed by atoms with Crippen molar-refractivity contribution in [1.29, 1.82) is 0 Å². The number of benzene rings is 3. The van der Waals surface area contributed by atoms with E-state index in [0.717, 1.165) is 16.7 Å². The number of fused-ring (bicyclic) bond motifs is 3. The zero-order valence-corrected chi connectivity index (χ0v) is 20.6. The summed E-state index contributed by atoms with van der Waals surface area (Å²) in [4.78, 5) is 24.6. The monoisotopic (exact) mass is 519 g/mol. The maximum Gasteiger partial charge on any atom is 0.335 e. The molecule has 0 aromatic heterocycles. The number of aromatic hydroxyl groups is 1. The number of hydrogen-bond acceptors (Lipinski definition) is 9. The number of phenols is 1. The highest BCUT2D eigenvalue weighted by Crippen LogP contribution is 2.56. The SMILES string of the molecule is COc1cc(C2c3cc4c(cc3[C@@H](Nc3ccc(C(=O)O)cc3)C3COC(=O)[C@H]23)OCO4)cc(OC)c1O. The Labute approximate surface area is 217 Å². The fourth-order valence-electron chi connectivity index (χ4n) is 5.73. The molecule has 2 heterocycles. The number of cyclic esters (lactones) is 1. The van der Waals surface area contributed by atoms with E-state index in [1.165, 1.54) is 26.4 Å². The van der Waals surface area contributed by atoms with E-state index in [9.17, 15) is 19.8 Å². The van der Waals surface area contributed by atoms with Gasteiger partial charge in [-0.3, -0.25) is 4.79 Å². The number of hydrogen-bond donors (Lipinski definition) is 3. The average molecular weight is 520 g/mol. The lowest BCUT2D eigenvalue weighted by molar-refractivity contribution is -0.141. The number of anilines is 1. The van der Waals surface area contributed by atoms with Crippen molar-refractivity contribution in [3.05, 3.63) is 70.8 Å². The number of aromatic carboxylic acids is 1. The van der Waals surface area contributed by atoms with Crippen LogP contribution in [0.5, 0.6) is 28.7 Å². The molecular weight excluding hydrogens is 494 g/mol. The molecule has 0 spiro atoms. The molecule has 1 saturated heterocycles. The average Bonchev–Trinajstić information content (AvgIpc) is 3.54. The standard InChI is InChI=1S/C28H25NO9/c1-34-21-7-14(8-22(35-2)26(21)30)23-16-9-19-20(38-12-37-19)10-17(16)25(18-11-36-28(33)24(18)23)29-15-5-3-13(4-6-15)27(31)32/h3-10,18,23-25,29-30H,11-12H2,1-2H3,(H,31,32)/t18?,23?,24-,25+/m0/s1. The number of ether oxygens (including phenoxy) is 5. The van der Waals surface area contributed by atoms with Gasteiger partial charge in [0.25, 0.3) is 0 Å². The molecule has 2 unspecified atom stereocenters. The van der Waals surface area contributed by atoms with E-state index in [2.05, 4.69) is 5.32 Å². The van der Waals surface area contributed by atoms with E-state index >= 15 is 0 Å². The summed E-state index contributed by atoms with van der Waals surface area (Å²) in [5, 5.41) is 23.3. The Morgan fingerprint density at radius 1 is 0.947 bits per heavy atom. The molecule has 0 bridgehead atoms. The molecule has 1 aliphatic carbocycles. The number of esters is 1. The van der Waals surface area contributed by atoms with Crippen LogP contribution in [0, 0.1) is 11.8 Å². The molecule has 10 heteroatoms. The first kappa shape index (κ1) is 23.8. The Morgan fingerprint density at radius 2 is 1.58 bits per heavy atom. The molecule has 0 amide bonds. The Bertz CT molecular complexity index is 1410. The second-order valence-corrected chi connectivity index (χ2v) is 9.41. The molecule has 4 atom stereocenters. The molecule has 0 saturated carbocycles. The van der Waals surface area contributed by atoms with Gasteiger partial charge in [-0.1, -0.05) is 0 Å². The lowest BCUT2D eigenvalue weighted by atomic mass is 9.65. The molecule has 3 aromatic carbocycles. The minimum Gasteiger partial charge on any atom is -0.502 e. The summed E-state index contributed by atoms with van der Waals surface area (Å²) in [5.74, 6) is -1.12. The van der Waals surface area contributed by atoms with E-state index in [1.807, 2.05) is 12.1 Å². The smallest absolute Gasteiger partial charge is 0.335 e. The molecule has 3 N–H and O–H groups in total. The van der Waals surface area contributed by atoms with Crippen LogP contribution in [0.1, 0.15) is 39.0 Å². The van der Waals surface area contributed by atoms with Crippen LogP contribution >= 0.6 is 0 Å². The van der Waals surface area contributed by atoms with E-state index in [-0.39, 0.29) is 54.1 Å². The van der Waals surface area contributed by atoms with Crippen molar-refractivity contribution in [2.45, 2.75) is 12.0 Å². The fourth-order valence-corrected chi connectivity index (χ4v) is 5.73. The van der Waals surface area contributed by atoms with Gasteiger partial charge in [0, 0.05) is 17.5 Å². The highest BCUT2D eigenvalue weighted by Gasteiger charge is 2.52. The number of methoxy groups -OCH3 is 2. The lowest BCUT2D eigenvalue weighted by Crippen LogP contribution is -2.37. The highest BCUT2D eigenvalue weighted by atomic mass is 16.7. The molecule has 6 rings (SSSR count). The number of carboxylic acid groups (broad SMARTS) is 1. The molecule has 1 fully saturated rings. The van der Waals surface area contributed by atoms with Crippen LogP contribution < -0.4 is 24.3 Å². The van der Waals surface area contributed by atoms with Crippen molar-refractivity contribution in [1.82, 2.24) is 0 Å². The molecule has 0 radical (unpaired) electrons. The minimum absolute atomic E-state index is 0.0907. The Morgan fingerprint density at radius 3 is 2.18 bits per heavy atom. The Hall–Kier alpha value is -4.60. The summed E-state index contributed by atoms with van der Waals surface area (Å²) in [6.07, 6.45) is 0. The number of carbonyl (C=O) groups excluding carboxylic acids is 1. The van der Waals surface area contributed by atoms with Crippen molar-refractivity contribution < 1.29 is 43.5 Å². The van der Waals surface area contributed by atoms with E-state index in [0.29, 0.717) is 17.2 Å². The maximum absolute atomic E-state index is 13.2. The first-order valence-corrected chi connectivity index (χ1v) is 12.0. The van der Waals surface area contributed by atoms with Gasteiger partial charge in [-0.25, -0.2) is 4.79 Å². The molecule has 38 heavy (non-hydrogen) atoms. The van der Waals surface area contributed by atoms with Crippen molar-refractivity contribution in [3.63, 3.8) is 0 Å². The summed E-state index contributed by atoms with van der Waals surface area (Å²) < 4.78 is 27.8. The van der Waals surface area contributed by atoms with E-state index in [1.54, 1.807) is 24.3 Å². The topological polar surface area (TPSA) is 133 Å². The number of carbonyl (C=O) groups is 2. The van der Waals surface area contributed by atoms with Crippen molar-refractivity contribution >= 4 is 17.6 Å². The van der Waals surface area contributed by atoms with Crippen molar-refractivity contribution in [2.24, 2.45) is 11.8 Å². The molecule has 2 aliphatic heterocycles. The third-order valence-electron chi connectivity index (χ3n) is 7.50. The molecule has 10 nitrogen and oxygen atoms in total. The summed E-state index contributed by atoms with van der Waals surface area (Å²) in [5.41, 5.74) is 3.33. The van der Waals surface area contributed by atoms with Gasteiger partial charge in [-0.05, 0) is 65.2 Å². The predicted octanol–water partition coefficient (Wildman–Crippen LogP) is 3.92. The normalized spacial score (nSPS) is 22.7. The van der Waals surface area contributed by atoms with E-state index < -0.39 is 17.8 Å². The summed E-state index contributed by atoms with van der Waals surface area (Å²) in [6, 6.07) is 13.3. The van der Waals surface area contributed by atoms with Crippen LogP contribution in [0.15, 0.2) is 48.5 Å². The molecular formula is C28H25NO9. The summed E-state index contributed by atoms with van der Waals surface area (Å²) in [7, 11) is 2.90.